The van der Waals surface area contributed by atoms with Gasteiger partial charge in [0.15, 0.2) is 0 Å². The normalized spacial score (nSPS) is 11.0. The van der Waals surface area contributed by atoms with Gasteiger partial charge in [-0.15, -0.1) is 0 Å². The topological polar surface area (TPSA) is 81.6 Å². The highest BCUT2D eigenvalue weighted by Gasteiger charge is 2.10. The quantitative estimate of drug-likeness (QED) is 0.390. The van der Waals surface area contributed by atoms with Crippen LogP contribution in [0.1, 0.15) is 34.2 Å². The van der Waals surface area contributed by atoms with Crippen LogP contribution in [0.25, 0.3) is 5.69 Å². The second-order valence-electron chi connectivity index (χ2n) is 6.41. The number of amides is 1. The first-order valence-corrected chi connectivity index (χ1v) is 9.10. The molecule has 2 aromatic carbocycles. The number of nitrogen functional groups attached to an aromatic ring is 1. The average Bonchev–Trinajstić information content (AvgIpc) is 2.97. The van der Waals surface area contributed by atoms with Crippen molar-refractivity contribution in [3.8, 4) is 11.4 Å². The Bertz CT molecular complexity index is 987. The van der Waals surface area contributed by atoms with E-state index in [1.54, 1.807) is 30.5 Å². The number of hydrogen-bond donors (Lipinski definition) is 2. The maximum atomic E-state index is 12.1. The lowest BCUT2D eigenvalue weighted by molar-refractivity contribution is 0.0955. The fourth-order valence-corrected chi connectivity index (χ4v) is 3.03. The SMILES string of the molecule is CCOc1ccc(-n2c(C)cc(/C=N/NC(=O)c3ccc(N)cc3)c2C)cc1. The molecule has 0 radical (unpaired) electrons. The summed E-state index contributed by atoms with van der Waals surface area (Å²) in [6.07, 6.45) is 1.66. The predicted octanol–water partition coefficient (Wildman–Crippen LogP) is 3.84. The van der Waals surface area contributed by atoms with Gasteiger partial charge in [-0.05, 0) is 75.4 Å². The van der Waals surface area contributed by atoms with Crippen molar-refractivity contribution in [1.82, 2.24) is 9.99 Å². The van der Waals surface area contributed by atoms with Crippen LogP contribution in [0.15, 0.2) is 59.7 Å². The van der Waals surface area contributed by atoms with Crippen molar-refractivity contribution >= 4 is 17.8 Å². The molecular formula is C22H24N4O2. The van der Waals surface area contributed by atoms with Crippen LogP contribution < -0.4 is 15.9 Å². The number of hydrazone groups is 1. The summed E-state index contributed by atoms with van der Waals surface area (Å²) in [5.74, 6) is 0.567. The van der Waals surface area contributed by atoms with Crippen molar-refractivity contribution in [3.05, 3.63) is 77.1 Å². The van der Waals surface area contributed by atoms with Gasteiger partial charge in [-0.3, -0.25) is 4.79 Å². The average molecular weight is 376 g/mol. The number of nitrogens with one attached hydrogen (secondary N) is 1. The molecule has 0 aliphatic heterocycles. The highest BCUT2D eigenvalue weighted by molar-refractivity contribution is 5.95. The summed E-state index contributed by atoms with van der Waals surface area (Å²) < 4.78 is 7.64. The molecule has 6 heteroatoms. The Balaban J connectivity index is 1.75. The van der Waals surface area contributed by atoms with Gasteiger partial charge in [-0.1, -0.05) is 0 Å². The van der Waals surface area contributed by atoms with Gasteiger partial charge in [0.1, 0.15) is 5.75 Å². The number of aromatic nitrogens is 1. The van der Waals surface area contributed by atoms with E-state index in [-0.39, 0.29) is 5.91 Å². The molecule has 0 atom stereocenters. The number of nitrogens with zero attached hydrogens (tertiary/aromatic N) is 2. The molecule has 1 aromatic heterocycles. The minimum Gasteiger partial charge on any atom is -0.494 e. The first-order valence-electron chi connectivity index (χ1n) is 9.10. The summed E-state index contributed by atoms with van der Waals surface area (Å²) in [6, 6.07) is 16.7. The summed E-state index contributed by atoms with van der Waals surface area (Å²) in [7, 11) is 0. The lowest BCUT2D eigenvalue weighted by atomic mass is 10.2. The fraction of sp³-hybridized carbons (Fsp3) is 0.182. The Morgan fingerprint density at radius 2 is 1.82 bits per heavy atom. The Kier molecular flexibility index (Phi) is 5.79. The van der Waals surface area contributed by atoms with Crippen LogP contribution in [0.3, 0.4) is 0 Å². The Hall–Kier alpha value is -3.54. The zero-order valence-corrected chi connectivity index (χ0v) is 16.3. The second-order valence-corrected chi connectivity index (χ2v) is 6.41. The lowest BCUT2D eigenvalue weighted by Crippen LogP contribution is -2.17. The molecule has 1 heterocycles. The zero-order chi connectivity index (χ0) is 20.1. The summed E-state index contributed by atoms with van der Waals surface area (Å²) in [6.45, 7) is 6.66. The van der Waals surface area contributed by atoms with E-state index >= 15 is 0 Å². The van der Waals surface area contributed by atoms with Crippen LogP contribution in [0.5, 0.6) is 5.75 Å². The molecule has 3 rings (SSSR count). The highest BCUT2D eigenvalue weighted by Crippen LogP contribution is 2.22. The minimum absolute atomic E-state index is 0.281. The van der Waals surface area contributed by atoms with Crippen LogP contribution >= 0.6 is 0 Å². The predicted molar refractivity (Wildman–Crippen MR) is 112 cm³/mol. The number of nitrogens with two attached hydrogens (primary N) is 1. The molecule has 0 bridgehead atoms. The van der Waals surface area contributed by atoms with Crippen LogP contribution in [0.2, 0.25) is 0 Å². The number of rotatable bonds is 6. The van der Waals surface area contributed by atoms with Crippen molar-refractivity contribution in [2.24, 2.45) is 5.10 Å². The standard InChI is InChI=1S/C22H24N4O2/c1-4-28-21-11-9-20(10-12-21)26-15(2)13-18(16(26)3)14-24-25-22(27)17-5-7-19(23)8-6-17/h5-14H,4,23H2,1-3H3,(H,25,27)/b24-14+. The number of ether oxygens (including phenoxy) is 1. The first-order chi connectivity index (χ1) is 13.5. The van der Waals surface area contributed by atoms with Gasteiger partial charge in [-0.2, -0.15) is 5.10 Å². The highest BCUT2D eigenvalue weighted by atomic mass is 16.5. The smallest absolute Gasteiger partial charge is 0.271 e. The molecule has 1 amide bonds. The number of aryl methyl sites for hydroxylation is 1. The molecule has 6 nitrogen and oxygen atoms in total. The van der Waals surface area contributed by atoms with Gasteiger partial charge < -0.3 is 15.0 Å². The van der Waals surface area contributed by atoms with E-state index in [1.165, 1.54) is 0 Å². The molecule has 0 spiro atoms. The van der Waals surface area contributed by atoms with Crippen molar-refractivity contribution in [2.75, 3.05) is 12.3 Å². The largest absolute Gasteiger partial charge is 0.494 e. The number of benzene rings is 2. The molecule has 0 unspecified atom stereocenters. The van der Waals surface area contributed by atoms with Crippen molar-refractivity contribution < 1.29 is 9.53 Å². The van der Waals surface area contributed by atoms with E-state index in [0.29, 0.717) is 17.9 Å². The summed E-state index contributed by atoms with van der Waals surface area (Å²) in [5, 5.41) is 4.10. The molecule has 0 fully saturated rings. The number of hydrogen-bond acceptors (Lipinski definition) is 4. The third kappa shape index (κ3) is 4.23. The van der Waals surface area contributed by atoms with Crippen LogP contribution in [0.4, 0.5) is 5.69 Å². The van der Waals surface area contributed by atoms with Gasteiger partial charge in [0.25, 0.3) is 5.91 Å². The van der Waals surface area contributed by atoms with E-state index in [9.17, 15) is 4.79 Å². The van der Waals surface area contributed by atoms with Crippen LogP contribution in [-0.4, -0.2) is 23.3 Å². The lowest BCUT2D eigenvalue weighted by Gasteiger charge is -2.10. The van der Waals surface area contributed by atoms with Crippen molar-refractivity contribution in [3.63, 3.8) is 0 Å². The van der Waals surface area contributed by atoms with Gasteiger partial charge in [0.2, 0.25) is 0 Å². The van der Waals surface area contributed by atoms with Gasteiger partial charge in [-0.25, -0.2) is 5.43 Å². The minimum atomic E-state index is -0.281. The Morgan fingerprint density at radius 1 is 1.14 bits per heavy atom. The first kappa shape index (κ1) is 19.2. The number of anilines is 1. The van der Waals surface area contributed by atoms with Gasteiger partial charge in [0.05, 0.1) is 12.8 Å². The molecule has 3 N–H and O–H groups in total. The zero-order valence-electron chi connectivity index (χ0n) is 16.3. The van der Waals surface area contributed by atoms with E-state index in [0.717, 1.165) is 28.4 Å². The van der Waals surface area contributed by atoms with Crippen molar-refractivity contribution in [1.29, 1.82) is 0 Å². The molecule has 0 aliphatic carbocycles. The van der Waals surface area contributed by atoms with Gasteiger partial charge in [0, 0.05) is 33.9 Å². The molecule has 0 saturated carbocycles. The Morgan fingerprint density at radius 3 is 2.46 bits per heavy atom. The summed E-state index contributed by atoms with van der Waals surface area (Å²) >= 11 is 0. The van der Waals surface area contributed by atoms with E-state index in [2.05, 4.69) is 15.1 Å². The van der Waals surface area contributed by atoms with E-state index in [1.807, 2.05) is 51.1 Å². The second kappa shape index (κ2) is 8.43. The van der Waals surface area contributed by atoms with Gasteiger partial charge >= 0.3 is 0 Å². The monoisotopic (exact) mass is 376 g/mol. The Labute approximate surface area is 164 Å². The molecule has 28 heavy (non-hydrogen) atoms. The van der Waals surface area contributed by atoms with Crippen molar-refractivity contribution in [2.45, 2.75) is 20.8 Å². The third-order valence-corrected chi connectivity index (χ3v) is 4.42. The fourth-order valence-electron chi connectivity index (χ4n) is 3.03. The summed E-state index contributed by atoms with van der Waals surface area (Å²) in [4.78, 5) is 12.1. The third-order valence-electron chi connectivity index (χ3n) is 4.42. The van der Waals surface area contributed by atoms with Crippen LogP contribution in [-0.2, 0) is 0 Å². The molecule has 0 saturated heterocycles. The molecule has 144 valence electrons. The van der Waals surface area contributed by atoms with Crippen LogP contribution in [0, 0.1) is 13.8 Å². The summed E-state index contributed by atoms with van der Waals surface area (Å²) in [5.41, 5.74) is 13.4. The molecular weight excluding hydrogens is 352 g/mol. The molecule has 0 aliphatic rings. The van der Waals surface area contributed by atoms with E-state index in [4.69, 9.17) is 10.5 Å². The number of carbonyl (C=O) groups excluding carboxylic acids is 1. The van der Waals surface area contributed by atoms with E-state index < -0.39 is 0 Å². The maximum Gasteiger partial charge on any atom is 0.271 e. The maximum absolute atomic E-state index is 12.1. The number of carbonyl (C=O) groups is 1. The molecule has 3 aromatic rings.